The van der Waals surface area contributed by atoms with Crippen LogP contribution in [0.4, 0.5) is 0 Å². The molecule has 0 spiro atoms. The minimum absolute atomic E-state index is 0.0228. The van der Waals surface area contributed by atoms with E-state index in [1.807, 2.05) is 20.8 Å². The minimum Gasteiger partial charge on any atom is -0.460 e. The van der Waals surface area contributed by atoms with Gasteiger partial charge in [0.2, 0.25) is 0 Å². The summed E-state index contributed by atoms with van der Waals surface area (Å²) in [7, 11) is 0. The van der Waals surface area contributed by atoms with Crippen LogP contribution in [0.1, 0.15) is 52.9 Å². The van der Waals surface area contributed by atoms with Crippen molar-refractivity contribution in [2.75, 3.05) is 6.54 Å². The van der Waals surface area contributed by atoms with Gasteiger partial charge in [-0.15, -0.1) is 0 Å². The van der Waals surface area contributed by atoms with Crippen molar-refractivity contribution in [3.05, 3.63) is 0 Å². The van der Waals surface area contributed by atoms with Crippen LogP contribution in [-0.4, -0.2) is 18.1 Å². The molecule has 3 fully saturated rings. The van der Waals surface area contributed by atoms with E-state index < -0.39 is 0 Å². The summed E-state index contributed by atoms with van der Waals surface area (Å²) in [6.45, 7) is 6.56. The summed E-state index contributed by atoms with van der Waals surface area (Å²) in [5.74, 6) is 0.0228. The number of ether oxygens (including phenoxy) is 1. The van der Waals surface area contributed by atoms with E-state index in [-0.39, 0.29) is 17.0 Å². The van der Waals surface area contributed by atoms with Gasteiger partial charge in [0.1, 0.15) is 5.60 Å². The lowest BCUT2D eigenvalue weighted by Crippen LogP contribution is -2.66. The van der Waals surface area contributed by atoms with Crippen molar-refractivity contribution in [1.29, 1.82) is 0 Å². The Kier molecular flexibility index (Phi) is 2.57. The molecule has 3 aliphatic carbocycles. The summed E-state index contributed by atoms with van der Waals surface area (Å²) in [5.41, 5.74) is 5.51. The molecule has 3 heteroatoms. The Bertz CT molecular complexity index is 284. The summed E-state index contributed by atoms with van der Waals surface area (Å²) in [6.07, 6.45) is 5.39. The number of esters is 1. The average molecular weight is 225 g/mol. The zero-order valence-corrected chi connectivity index (χ0v) is 10.6. The third kappa shape index (κ3) is 1.86. The second-order valence-corrected chi connectivity index (χ2v) is 6.70. The molecule has 0 heterocycles. The van der Waals surface area contributed by atoms with Gasteiger partial charge in [0.15, 0.2) is 0 Å². The van der Waals surface area contributed by atoms with Crippen molar-refractivity contribution in [3.8, 4) is 0 Å². The zero-order valence-electron chi connectivity index (χ0n) is 10.6. The lowest BCUT2D eigenvalue weighted by molar-refractivity contribution is -0.237. The van der Waals surface area contributed by atoms with E-state index in [1.165, 1.54) is 6.42 Å². The molecular formula is C13H23NO2. The van der Waals surface area contributed by atoms with E-state index in [9.17, 15) is 4.79 Å². The second-order valence-electron chi connectivity index (χ2n) is 6.70. The highest BCUT2D eigenvalue weighted by Crippen LogP contribution is 2.75. The fourth-order valence-electron chi connectivity index (χ4n) is 3.34. The third-order valence-electron chi connectivity index (χ3n) is 3.88. The third-order valence-corrected chi connectivity index (χ3v) is 3.88. The number of hydrogen-bond acceptors (Lipinski definition) is 3. The Morgan fingerprint density at radius 3 is 2.31 bits per heavy atom. The monoisotopic (exact) mass is 225 g/mol. The van der Waals surface area contributed by atoms with E-state index in [0.29, 0.717) is 5.41 Å². The number of hydrogen-bond donors (Lipinski definition) is 1. The van der Waals surface area contributed by atoms with Gasteiger partial charge in [-0.2, -0.15) is 0 Å². The molecule has 2 bridgehead atoms. The van der Waals surface area contributed by atoms with Gasteiger partial charge >= 0.3 is 5.97 Å². The normalized spacial score (nSPS) is 36.2. The lowest BCUT2D eigenvalue weighted by atomic mass is 9.34. The quantitative estimate of drug-likeness (QED) is 0.746. The molecule has 0 saturated heterocycles. The van der Waals surface area contributed by atoms with Gasteiger partial charge in [0, 0.05) is 0 Å². The van der Waals surface area contributed by atoms with Crippen LogP contribution in [0, 0.1) is 10.8 Å². The first-order valence-electron chi connectivity index (χ1n) is 6.25. The second kappa shape index (κ2) is 3.46. The van der Waals surface area contributed by atoms with Crippen LogP contribution in [0.5, 0.6) is 0 Å². The predicted octanol–water partition coefficient (Wildman–Crippen LogP) is 2.24. The number of carbonyl (C=O) groups is 1. The maximum atomic E-state index is 12.0. The first kappa shape index (κ1) is 11.9. The van der Waals surface area contributed by atoms with Crippen molar-refractivity contribution < 1.29 is 9.53 Å². The van der Waals surface area contributed by atoms with Crippen LogP contribution < -0.4 is 5.73 Å². The van der Waals surface area contributed by atoms with E-state index in [0.717, 1.165) is 32.2 Å². The molecule has 0 aliphatic heterocycles. The fourth-order valence-corrected chi connectivity index (χ4v) is 3.34. The molecule has 0 aromatic carbocycles. The Labute approximate surface area is 97.7 Å². The Morgan fingerprint density at radius 2 is 1.88 bits per heavy atom. The lowest BCUT2D eigenvalue weighted by Gasteiger charge is -2.69. The molecule has 3 aliphatic rings. The van der Waals surface area contributed by atoms with E-state index in [1.54, 1.807) is 0 Å². The van der Waals surface area contributed by atoms with Crippen LogP contribution in [-0.2, 0) is 9.53 Å². The van der Waals surface area contributed by atoms with Gasteiger partial charge in [-0.1, -0.05) is 0 Å². The Hall–Kier alpha value is -0.570. The molecule has 0 aromatic rings. The fraction of sp³-hybridized carbons (Fsp3) is 0.923. The molecule has 2 N–H and O–H groups in total. The molecule has 3 rings (SSSR count). The van der Waals surface area contributed by atoms with Crippen LogP contribution in [0.2, 0.25) is 0 Å². The smallest absolute Gasteiger partial charge is 0.312 e. The van der Waals surface area contributed by atoms with Gasteiger partial charge in [0.05, 0.1) is 5.41 Å². The highest BCUT2D eigenvalue weighted by atomic mass is 16.6. The van der Waals surface area contributed by atoms with Gasteiger partial charge in [-0.05, 0) is 64.8 Å². The SMILES string of the molecule is CC(C)(C)OC(=O)C12CC(CCCN)(C1)C2. The maximum absolute atomic E-state index is 12.0. The summed E-state index contributed by atoms with van der Waals surface area (Å²) >= 11 is 0. The first-order valence-corrected chi connectivity index (χ1v) is 6.25. The van der Waals surface area contributed by atoms with Crippen molar-refractivity contribution in [1.82, 2.24) is 0 Å². The van der Waals surface area contributed by atoms with Crippen molar-refractivity contribution in [2.24, 2.45) is 16.6 Å². The van der Waals surface area contributed by atoms with Gasteiger partial charge in [0.25, 0.3) is 0 Å². The molecule has 0 aromatic heterocycles. The van der Waals surface area contributed by atoms with E-state index >= 15 is 0 Å². The number of carbonyl (C=O) groups excluding carboxylic acids is 1. The molecular weight excluding hydrogens is 202 g/mol. The maximum Gasteiger partial charge on any atom is 0.312 e. The molecule has 0 radical (unpaired) electrons. The summed E-state index contributed by atoms with van der Waals surface area (Å²) in [4.78, 5) is 12.0. The van der Waals surface area contributed by atoms with Crippen LogP contribution in [0.15, 0.2) is 0 Å². The first-order chi connectivity index (χ1) is 7.31. The van der Waals surface area contributed by atoms with Gasteiger partial charge in [-0.25, -0.2) is 0 Å². The highest BCUT2D eigenvalue weighted by molar-refractivity contribution is 5.81. The average Bonchev–Trinajstić information content (AvgIpc) is 1.95. The molecule has 3 saturated carbocycles. The van der Waals surface area contributed by atoms with Crippen LogP contribution in [0.25, 0.3) is 0 Å². The van der Waals surface area contributed by atoms with Gasteiger partial charge < -0.3 is 10.5 Å². The molecule has 0 atom stereocenters. The predicted molar refractivity (Wildman–Crippen MR) is 62.9 cm³/mol. The molecule has 0 amide bonds. The summed E-state index contributed by atoms with van der Waals surface area (Å²) in [6, 6.07) is 0. The zero-order chi connectivity index (χ0) is 12.0. The van der Waals surface area contributed by atoms with Crippen molar-refractivity contribution >= 4 is 5.97 Å². The van der Waals surface area contributed by atoms with E-state index in [4.69, 9.17) is 10.5 Å². The topological polar surface area (TPSA) is 52.3 Å². The van der Waals surface area contributed by atoms with Crippen molar-refractivity contribution in [2.45, 2.75) is 58.5 Å². The van der Waals surface area contributed by atoms with Crippen LogP contribution >= 0.6 is 0 Å². The van der Waals surface area contributed by atoms with Crippen LogP contribution in [0.3, 0.4) is 0 Å². The van der Waals surface area contributed by atoms with Gasteiger partial charge in [-0.3, -0.25) is 4.79 Å². The molecule has 3 nitrogen and oxygen atoms in total. The standard InChI is InChI=1S/C13H23NO2/c1-11(2,3)16-10(15)13-7-12(8-13,9-13)5-4-6-14/h4-9,14H2,1-3H3. The minimum atomic E-state index is -0.350. The molecule has 16 heavy (non-hydrogen) atoms. The Balaban J connectivity index is 1.82. The largest absolute Gasteiger partial charge is 0.460 e. The molecule has 0 unspecified atom stereocenters. The molecule has 92 valence electrons. The van der Waals surface area contributed by atoms with E-state index in [2.05, 4.69) is 0 Å². The summed E-state index contributed by atoms with van der Waals surface area (Å²) in [5, 5.41) is 0. The summed E-state index contributed by atoms with van der Waals surface area (Å²) < 4.78 is 5.47. The number of rotatable bonds is 4. The number of nitrogens with two attached hydrogens (primary N) is 1. The highest BCUT2D eigenvalue weighted by Gasteiger charge is 2.71. The Morgan fingerprint density at radius 1 is 1.31 bits per heavy atom. The van der Waals surface area contributed by atoms with Crippen molar-refractivity contribution in [3.63, 3.8) is 0 Å².